The number of methoxy groups -OCH3 is 3. The van der Waals surface area contributed by atoms with Crippen molar-refractivity contribution in [1.82, 2.24) is 10.3 Å². The topological polar surface area (TPSA) is 162 Å². The summed E-state index contributed by atoms with van der Waals surface area (Å²) < 4.78 is 55.8. The number of carbonyl (C=O) groups is 2. The third-order valence-electron chi connectivity index (χ3n) is 13.4. The molecule has 73 heavy (non-hydrogen) atoms. The van der Waals surface area contributed by atoms with Crippen LogP contribution in [0.4, 0.5) is 0 Å². The standard InChI is InChI=1S/C55H74BrClN2O12Si2/c1-19-22-55(62)23-21-38(56)26-46(44(20-2)70-72(17,18)54(11,12)13)69-48-30-58-42(28-41(48)57)43(29-50(60)66-31-49(55)71-73(34(5)6,35(7)8)36(9)10)59-53(61)40-27-39-37(24-45(40)67-32-63-14)25-47(68-33(3)4)52(65-16)51(39)64-15/h1-2,24-28,30,33-36,43-44,46,49,62H,22,29,31-32H2,3-18H3,(H,59,61)/b38-26+/t43-,44+,46+,49-,55-/m1/s1. The number of allylic oxidation sites excluding steroid dienone is 1. The smallest absolute Gasteiger partial charge is 0.308 e. The lowest BCUT2D eigenvalue weighted by molar-refractivity contribution is -0.150. The highest BCUT2D eigenvalue weighted by atomic mass is 79.9. The molecule has 3 heterocycles. The zero-order chi connectivity index (χ0) is 54.8. The van der Waals surface area contributed by atoms with Crippen molar-refractivity contribution < 1.29 is 56.7 Å². The number of esters is 1. The summed E-state index contributed by atoms with van der Waals surface area (Å²) >= 11 is 10.6. The second-order valence-corrected chi connectivity index (χ2v) is 32.1. The first-order chi connectivity index (χ1) is 34.1. The van der Waals surface area contributed by atoms with Crippen molar-refractivity contribution in [3.8, 4) is 65.3 Å². The Hall–Kier alpha value is -4.75. The van der Waals surface area contributed by atoms with Crippen LogP contribution < -0.4 is 29.0 Å². The number of halogens is 2. The molecule has 0 spiro atoms. The molecule has 5 atom stereocenters. The van der Waals surface area contributed by atoms with E-state index in [1.807, 2.05) is 13.8 Å². The monoisotopic (exact) mass is 1120 g/mol. The Labute approximate surface area is 448 Å². The highest BCUT2D eigenvalue weighted by Gasteiger charge is 2.51. The van der Waals surface area contributed by atoms with Crippen molar-refractivity contribution in [3.63, 3.8) is 0 Å². The Morgan fingerprint density at radius 1 is 1.01 bits per heavy atom. The number of aliphatic hydroxyl groups is 1. The molecule has 2 aliphatic rings. The van der Waals surface area contributed by atoms with E-state index in [9.17, 15) is 14.7 Å². The minimum Gasteiger partial charge on any atom is -0.492 e. The van der Waals surface area contributed by atoms with E-state index in [4.69, 9.17) is 71.4 Å². The Balaban J connectivity index is 2.00. The van der Waals surface area contributed by atoms with Crippen molar-refractivity contribution in [2.45, 2.75) is 160 Å². The van der Waals surface area contributed by atoms with Crippen molar-refractivity contribution in [2.75, 3.05) is 34.7 Å². The molecule has 2 aliphatic heterocycles. The average molecular weight is 1130 g/mol. The number of ether oxygens (including phenoxy) is 7. The third kappa shape index (κ3) is 14.6. The van der Waals surface area contributed by atoms with Crippen LogP contribution in [0.1, 0.15) is 111 Å². The van der Waals surface area contributed by atoms with Crippen LogP contribution in [-0.2, 0) is 23.1 Å². The molecule has 0 saturated heterocycles. The second-order valence-electron chi connectivity index (χ2n) is 20.7. The van der Waals surface area contributed by atoms with E-state index in [1.165, 1.54) is 33.6 Å². The lowest BCUT2D eigenvalue weighted by Gasteiger charge is -2.46. The van der Waals surface area contributed by atoms with E-state index in [1.54, 1.807) is 24.3 Å². The number of carbonyl (C=O) groups excluding carboxylic acids is 2. The molecule has 1 aromatic heterocycles. The van der Waals surface area contributed by atoms with Crippen LogP contribution in [0.2, 0.25) is 39.8 Å². The van der Waals surface area contributed by atoms with Crippen LogP contribution in [0.3, 0.4) is 0 Å². The third-order valence-corrected chi connectivity index (χ3v) is 24.7. The molecule has 1 amide bonds. The molecule has 0 saturated carbocycles. The molecule has 2 aromatic carbocycles. The van der Waals surface area contributed by atoms with Gasteiger partial charge in [0.05, 0.1) is 66.2 Å². The van der Waals surface area contributed by atoms with Gasteiger partial charge in [-0.3, -0.25) is 14.6 Å². The van der Waals surface area contributed by atoms with E-state index in [-0.39, 0.29) is 73.2 Å². The number of hydrogen-bond acceptors (Lipinski definition) is 13. The van der Waals surface area contributed by atoms with Gasteiger partial charge in [-0.05, 0) is 100 Å². The fraction of sp³-hybridized carbons (Fsp3) is 0.545. The van der Waals surface area contributed by atoms with Crippen LogP contribution >= 0.6 is 27.5 Å². The molecule has 398 valence electrons. The Bertz CT molecular complexity index is 2600. The number of nitrogens with zero attached hydrogens (tertiary/aromatic N) is 1. The van der Waals surface area contributed by atoms with E-state index in [0.29, 0.717) is 28.0 Å². The predicted octanol–water partition coefficient (Wildman–Crippen LogP) is 11.5. The van der Waals surface area contributed by atoms with E-state index in [0.717, 1.165) is 0 Å². The fourth-order valence-electron chi connectivity index (χ4n) is 8.77. The Kier molecular flexibility index (Phi) is 21.4. The Morgan fingerprint density at radius 2 is 1.64 bits per heavy atom. The largest absolute Gasteiger partial charge is 0.492 e. The molecular weight excluding hydrogens is 1050 g/mol. The van der Waals surface area contributed by atoms with Gasteiger partial charge in [-0.1, -0.05) is 91.7 Å². The van der Waals surface area contributed by atoms with Crippen LogP contribution in [0, 0.1) is 36.5 Å². The van der Waals surface area contributed by atoms with Gasteiger partial charge < -0.3 is 52.4 Å². The molecule has 2 bridgehead atoms. The second kappa shape index (κ2) is 25.7. The van der Waals surface area contributed by atoms with Gasteiger partial charge in [-0.25, -0.2) is 0 Å². The zero-order valence-corrected chi connectivity index (χ0v) is 49.5. The Morgan fingerprint density at radius 3 is 2.18 bits per heavy atom. The maximum Gasteiger partial charge on any atom is 0.308 e. The number of benzene rings is 2. The summed E-state index contributed by atoms with van der Waals surface area (Å²) in [6.07, 6.45) is 11.1. The molecule has 5 rings (SSSR count). The van der Waals surface area contributed by atoms with Gasteiger partial charge in [0.2, 0.25) is 14.1 Å². The van der Waals surface area contributed by atoms with Gasteiger partial charge in [0.15, 0.2) is 44.1 Å². The molecule has 3 aromatic rings. The first-order valence-corrected chi connectivity index (χ1v) is 30.5. The van der Waals surface area contributed by atoms with E-state index >= 15 is 0 Å². The summed E-state index contributed by atoms with van der Waals surface area (Å²) in [5.41, 5.74) is -1.64. The van der Waals surface area contributed by atoms with Crippen molar-refractivity contribution in [3.05, 3.63) is 57.3 Å². The van der Waals surface area contributed by atoms with Gasteiger partial charge in [-0.2, -0.15) is 0 Å². The van der Waals surface area contributed by atoms with E-state index < -0.39 is 71.5 Å². The predicted molar refractivity (Wildman–Crippen MR) is 295 cm³/mol. The summed E-state index contributed by atoms with van der Waals surface area (Å²) in [6.45, 7) is 26.1. The van der Waals surface area contributed by atoms with Gasteiger partial charge in [0.1, 0.15) is 24.6 Å². The van der Waals surface area contributed by atoms with Gasteiger partial charge in [0.25, 0.3) is 5.91 Å². The highest BCUT2D eigenvalue weighted by molar-refractivity contribution is 9.12. The maximum absolute atomic E-state index is 14.8. The summed E-state index contributed by atoms with van der Waals surface area (Å²) in [5, 5.41) is 16.6. The number of aromatic nitrogens is 1. The van der Waals surface area contributed by atoms with E-state index in [2.05, 4.69) is 120 Å². The number of hydrogen-bond donors (Lipinski definition) is 2. The molecule has 18 heteroatoms. The van der Waals surface area contributed by atoms with Gasteiger partial charge in [0, 0.05) is 12.5 Å². The lowest BCUT2D eigenvalue weighted by atomic mass is 9.94. The van der Waals surface area contributed by atoms with Crippen LogP contribution in [0.15, 0.2) is 41.0 Å². The lowest BCUT2D eigenvalue weighted by Crippen LogP contribution is -2.57. The number of pyridine rings is 1. The summed E-state index contributed by atoms with van der Waals surface area (Å²) in [5.74, 6) is 11.2. The fourth-order valence-corrected chi connectivity index (χ4v) is 16.1. The van der Waals surface area contributed by atoms with Crippen LogP contribution in [0.5, 0.6) is 28.7 Å². The average Bonchev–Trinajstić information content (AvgIpc) is 3.30. The minimum absolute atomic E-state index is 0.0521. The van der Waals surface area contributed by atoms with Crippen LogP contribution in [0.25, 0.3) is 10.8 Å². The number of amides is 1. The maximum atomic E-state index is 14.8. The highest BCUT2D eigenvalue weighted by Crippen LogP contribution is 2.47. The molecule has 0 aliphatic carbocycles. The minimum atomic E-state index is -2.84. The quantitative estimate of drug-likeness (QED) is 0.0536. The van der Waals surface area contributed by atoms with Gasteiger partial charge in [-0.15, -0.1) is 18.8 Å². The summed E-state index contributed by atoms with van der Waals surface area (Å²) in [4.78, 5) is 33.9. The zero-order valence-electron chi connectivity index (χ0n) is 45.2. The normalized spacial score (nSPS) is 20.2. The number of fused-ring (bicyclic) bond motifs is 13. The van der Waals surface area contributed by atoms with Crippen LogP contribution in [-0.4, -0.2) is 103 Å². The molecule has 0 fully saturated rings. The molecule has 0 radical (unpaired) electrons. The van der Waals surface area contributed by atoms with Crippen molar-refractivity contribution in [1.29, 1.82) is 0 Å². The first kappa shape index (κ1) is 60.8. The summed E-state index contributed by atoms with van der Waals surface area (Å²) in [6, 6.07) is 5.32. The molecule has 0 unspecified atom stereocenters. The van der Waals surface area contributed by atoms with Crippen molar-refractivity contribution in [2.24, 2.45) is 0 Å². The number of nitrogens with one attached hydrogen (secondary N) is 1. The SMILES string of the molecule is C#CC[C@@]1(O)C#C/C(Br)=C\[C@@H]([C@H](C#C)O[Si](C)(C)C(C)(C)C)Oc2cnc(cc2Cl)[C@H](NC(=O)c2cc3c(OC)c(OC)c(OC(C)C)cc3cc2OCOC)CC(=O)OC[C@H]1O[Si](C(C)C)(C(C)C)C(C)C. The number of rotatable bonds is 18. The molecule has 14 nitrogen and oxygen atoms in total. The van der Waals surface area contributed by atoms with Crippen molar-refractivity contribution >= 4 is 66.8 Å². The first-order valence-electron chi connectivity index (χ1n) is 24.3. The molecule has 2 N–H and O–H groups in total. The summed E-state index contributed by atoms with van der Waals surface area (Å²) in [7, 11) is -0.937. The number of terminal acetylenes is 2. The van der Waals surface area contributed by atoms with Gasteiger partial charge >= 0.3 is 5.97 Å². The molecular formula is C55H74BrClN2O12Si2.